The largest absolute Gasteiger partial charge is 0.467 e. The molecule has 1 aromatic rings. The Bertz CT molecular complexity index is 461. The van der Waals surface area contributed by atoms with E-state index in [0.29, 0.717) is 0 Å². The number of rotatable bonds is 7. The summed E-state index contributed by atoms with van der Waals surface area (Å²) in [6.45, 7) is 3.89. The summed E-state index contributed by atoms with van der Waals surface area (Å²) in [6.07, 6.45) is -0.487. The van der Waals surface area contributed by atoms with Gasteiger partial charge in [-0.05, 0) is 11.5 Å². The lowest BCUT2D eigenvalue weighted by Gasteiger charge is -2.23. The molecule has 0 bridgehead atoms. The zero-order chi connectivity index (χ0) is 15.8. The molecule has 5 heteroatoms. The number of benzene rings is 1. The Morgan fingerprint density at radius 2 is 1.90 bits per heavy atom. The highest BCUT2D eigenvalue weighted by atomic mass is 16.5. The summed E-state index contributed by atoms with van der Waals surface area (Å²) >= 11 is 0. The number of ether oxygens (including phenoxy) is 1. The fraction of sp³-hybridized carbons (Fsp3) is 0.500. The van der Waals surface area contributed by atoms with Gasteiger partial charge in [-0.25, -0.2) is 4.79 Å². The van der Waals surface area contributed by atoms with Gasteiger partial charge < -0.3 is 15.2 Å². The van der Waals surface area contributed by atoms with Gasteiger partial charge in [-0.2, -0.15) is 0 Å². The van der Waals surface area contributed by atoms with Gasteiger partial charge in [0.25, 0.3) is 0 Å². The van der Waals surface area contributed by atoms with Gasteiger partial charge >= 0.3 is 5.97 Å². The monoisotopic (exact) mass is 293 g/mol. The molecule has 1 amide bonds. The molecule has 0 aliphatic rings. The summed E-state index contributed by atoms with van der Waals surface area (Å²) < 4.78 is 4.42. The molecule has 21 heavy (non-hydrogen) atoms. The first-order chi connectivity index (χ1) is 10.0. The lowest BCUT2D eigenvalue weighted by Crippen LogP contribution is -2.40. The minimum atomic E-state index is -1.34. The molecule has 0 fully saturated rings. The highest BCUT2D eigenvalue weighted by molar-refractivity contribution is 5.84. The number of esters is 1. The van der Waals surface area contributed by atoms with Crippen LogP contribution < -0.4 is 5.32 Å². The molecule has 116 valence electrons. The van der Waals surface area contributed by atoms with Crippen molar-refractivity contribution in [1.82, 2.24) is 5.32 Å². The highest BCUT2D eigenvalue weighted by Gasteiger charge is 2.26. The van der Waals surface area contributed by atoms with E-state index in [2.05, 4.69) is 10.1 Å². The zero-order valence-corrected chi connectivity index (χ0v) is 12.7. The number of hydrogen-bond donors (Lipinski definition) is 2. The molecule has 2 N–H and O–H groups in total. The molecule has 5 nitrogen and oxygen atoms in total. The Morgan fingerprint density at radius 3 is 2.43 bits per heavy atom. The Balaban J connectivity index is 2.76. The fourth-order valence-electron chi connectivity index (χ4n) is 2.16. The van der Waals surface area contributed by atoms with Gasteiger partial charge in [-0.1, -0.05) is 50.6 Å². The fourth-order valence-corrected chi connectivity index (χ4v) is 2.16. The third kappa shape index (κ3) is 4.86. The average molecular weight is 293 g/mol. The quantitative estimate of drug-likeness (QED) is 0.746. The third-order valence-electron chi connectivity index (χ3n) is 3.60. The molecule has 0 spiro atoms. The Kier molecular flexibility index (Phi) is 6.88. The zero-order valence-electron chi connectivity index (χ0n) is 12.7. The van der Waals surface area contributed by atoms with Crippen LogP contribution in [0, 0.1) is 5.92 Å². The van der Waals surface area contributed by atoms with Crippen molar-refractivity contribution in [2.45, 2.75) is 32.3 Å². The second-order valence-corrected chi connectivity index (χ2v) is 5.06. The predicted octanol–water partition coefficient (Wildman–Crippen LogP) is 1.47. The number of carbonyl (C=O) groups is 2. The van der Waals surface area contributed by atoms with E-state index in [0.717, 1.165) is 12.0 Å². The summed E-state index contributed by atoms with van der Waals surface area (Å²) in [5, 5.41) is 12.1. The Morgan fingerprint density at radius 1 is 1.29 bits per heavy atom. The van der Waals surface area contributed by atoms with Crippen molar-refractivity contribution in [3.63, 3.8) is 0 Å². The van der Waals surface area contributed by atoms with Crippen molar-refractivity contribution in [2.24, 2.45) is 5.92 Å². The van der Waals surface area contributed by atoms with Gasteiger partial charge in [0.15, 0.2) is 6.10 Å². The van der Waals surface area contributed by atoms with E-state index in [1.54, 1.807) is 0 Å². The molecule has 0 saturated heterocycles. The lowest BCUT2D eigenvalue weighted by molar-refractivity contribution is -0.150. The van der Waals surface area contributed by atoms with E-state index < -0.39 is 12.1 Å². The maximum absolute atomic E-state index is 12.4. The summed E-state index contributed by atoms with van der Waals surface area (Å²) in [7, 11) is 1.19. The van der Waals surface area contributed by atoms with Crippen LogP contribution in [0.3, 0.4) is 0 Å². The second-order valence-electron chi connectivity index (χ2n) is 5.06. The van der Waals surface area contributed by atoms with Crippen molar-refractivity contribution in [1.29, 1.82) is 0 Å². The van der Waals surface area contributed by atoms with E-state index in [-0.39, 0.29) is 24.3 Å². The maximum atomic E-state index is 12.4. The minimum Gasteiger partial charge on any atom is -0.467 e. The number of nitrogens with one attached hydrogen (secondary N) is 1. The van der Waals surface area contributed by atoms with Crippen LogP contribution in [0.15, 0.2) is 30.3 Å². The van der Waals surface area contributed by atoms with Crippen molar-refractivity contribution < 1.29 is 19.4 Å². The first-order valence-corrected chi connectivity index (χ1v) is 7.09. The summed E-state index contributed by atoms with van der Waals surface area (Å²) in [4.78, 5) is 23.5. The summed E-state index contributed by atoms with van der Waals surface area (Å²) in [5.41, 5.74) is 0.928. The van der Waals surface area contributed by atoms with Gasteiger partial charge in [-0.15, -0.1) is 0 Å². The molecular formula is C16H23NO4. The average Bonchev–Trinajstić information content (AvgIpc) is 2.52. The molecule has 0 saturated carbocycles. The molecule has 3 atom stereocenters. The molecule has 0 aliphatic heterocycles. The molecule has 3 unspecified atom stereocenters. The minimum absolute atomic E-state index is 0.148. The summed E-state index contributed by atoms with van der Waals surface area (Å²) in [5.74, 6) is -1.10. The highest BCUT2D eigenvalue weighted by Crippen LogP contribution is 2.27. The number of amides is 1. The van der Waals surface area contributed by atoms with E-state index in [9.17, 15) is 14.7 Å². The topological polar surface area (TPSA) is 75.6 Å². The third-order valence-corrected chi connectivity index (χ3v) is 3.60. The smallest absolute Gasteiger partial charge is 0.336 e. The van der Waals surface area contributed by atoms with Crippen molar-refractivity contribution in [3.8, 4) is 0 Å². The van der Waals surface area contributed by atoms with E-state index in [4.69, 9.17) is 0 Å². The van der Waals surface area contributed by atoms with Crippen LogP contribution in [0.5, 0.6) is 0 Å². The van der Waals surface area contributed by atoms with Crippen LogP contribution >= 0.6 is 0 Å². The van der Waals surface area contributed by atoms with Crippen molar-refractivity contribution >= 4 is 11.9 Å². The number of aliphatic hydroxyl groups is 1. The van der Waals surface area contributed by atoms with Gasteiger partial charge in [0.2, 0.25) is 5.91 Å². The molecular weight excluding hydrogens is 270 g/mol. The van der Waals surface area contributed by atoms with Crippen LogP contribution in [0.25, 0.3) is 0 Å². The van der Waals surface area contributed by atoms with Crippen LogP contribution in [0.4, 0.5) is 0 Å². The lowest BCUT2D eigenvalue weighted by atomic mass is 9.85. The summed E-state index contributed by atoms with van der Waals surface area (Å²) in [6, 6.07) is 9.50. The molecule has 0 radical (unpaired) electrons. The Hall–Kier alpha value is -1.88. The van der Waals surface area contributed by atoms with Crippen LogP contribution in [-0.2, 0) is 14.3 Å². The normalized spacial score (nSPS) is 14.9. The van der Waals surface area contributed by atoms with Gasteiger partial charge in [0.05, 0.1) is 19.6 Å². The van der Waals surface area contributed by atoms with Gasteiger partial charge in [0, 0.05) is 0 Å². The maximum Gasteiger partial charge on any atom is 0.336 e. The van der Waals surface area contributed by atoms with Crippen molar-refractivity contribution in [2.75, 3.05) is 13.7 Å². The molecule has 1 aromatic carbocycles. The first-order valence-electron chi connectivity index (χ1n) is 7.09. The van der Waals surface area contributed by atoms with E-state index >= 15 is 0 Å². The van der Waals surface area contributed by atoms with Crippen molar-refractivity contribution in [3.05, 3.63) is 35.9 Å². The van der Waals surface area contributed by atoms with Gasteiger partial charge in [0.1, 0.15) is 0 Å². The standard InChI is InChI=1S/C16H23NO4/c1-4-11(2)14(12-8-6-5-7-9-12)15(19)17-10-13(18)16(20)21-3/h5-9,11,13-14,18H,4,10H2,1-3H3,(H,17,19). The molecule has 0 aliphatic carbocycles. The molecule has 0 aromatic heterocycles. The number of methoxy groups -OCH3 is 1. The Labute approximate surface area is 125 Å². The predicted molar refractivity (Wildman–Crippen MR) is 79.7 cm³/mol. The number of hydrogen-bond acceptors (Lipinski definition) is 4. The van der Waals surface area contributed by atoms with Crippen LogP contribution in [0.1, 0.15) is 31.7 Å². The van der Waals surface area contributed by atoms with Crippen LogP contribution in [-0.4, -0.2) is 36.7 Å². The van der Waals surface area contributed by atoms with E-state index in [1.807, 2.05) is 44.2 Å². The first kappa shape index (κ1) is 17.2. The second kappa shape index (κ2) is 8.42. The molecule has 0 heterocycles. The number of carbonyl (C=O) groups excluding carboxylic acids is 2. The van der Waals surface area contributed by atoms with Crippen LogP contribution in [0.2, 0.25) is 0 Å². The van der Waals surface area contributed by atoms with Gasteiger partial charge in [-0.3, -0.25) is 4.79 Å². The SMILES string of the molecule is CCC(C)C(C(=O)NCC(O)C(=O)OC)c1ccccc1. The van der Waals surface area contributed by atoms with E-state index in [1.165, 1.54) is 7.11 Å². The molecule has 1 rings (SSSR count). The number of aliphatic hydroxyl groups excluding tert-OH is 1.